The van der Waals surface area contributed by atoms with E-state index in [1.165, 1.54) is 12.6 Å². The number of pyridine rings is 3. The van der Waals surface area contributed by atoms with Crippen molar-refractivity contribution in [3.63, 3.8) is 0 Å². The van der Waals surface area contributed by atoms with E-state index in [1.807, 2.05) is 6.20 Å². The van der Waals surface area contributed by atoms with Crippen molar-refractivity contribution in [2.45, 2.75) is 32.1 Å². The SMILES string of the molecule is O=C(Nc1cncc(-c2ncc3[nH]nc(-c4nc5c(N6CCCCC6)cncc5[nH]4)c3c2F)c1)C1CC1. The minimum absolute atomic E-state index is 0.0387. The Morgan fingerprint density at radius 1 is 1.00 bits per heavy atom. The lowest BCUT2D eigenvalue weighted by Crippen LogP contribution is -2.29. The van der Waals surface area contributed by atoms with E-state index in [4.69, 9.17) is 4.98 Å². The number of nitrogens with zero attached hydrogens (tertiary/aromatic N) is 6. The van der Waals surface area contributed by atoms with E-state index in [0.29, 0.717) is 28.3 Å². The van der Waals surface area contributed by atoms with Gasteiger partial charge < -0.3 is 15.2 Å². The normalized spacial score (nSPS) is 16.0. The number of hydrogen-bond acceptors (Lipinski definition) is 7. The molecule has 186 valence electrons. The Bertz CT molecular complexity index is 1650. The number of imidazole rings is 1. The lowest BCUT2D eigenvalue weighted by atomic mass is 10.1. The first-order chi connectivity index (χ1) is 18.2. The number of carbonyl (C=O) groups is 1. The van der Waals surface area contributed by atoms with E-state index < -0.39 is 5.82 Å². The van der Waals surface area contributed by atoms with Gasteiger partial charge in [0.25, 0.3) is 0 Å². The number of amides is 1. The smallest absolute Gasteiger partial charge is 0.227 e. The average molecular weight is 498 g/mol. The highest BCUT2D eigenvalue weighted by Crippen LogP contribution is 2.35. The third-order valence-electron chi connectivity index (χ3n) is 7.07. The van der Waals surface area contributed by atoms with Gasteiger partial charge in [-0.05, 0) is 38.2 Å². The highest BCUT2D eigenvalue weighted by Gasteiger charge is 2.30. The topological polar surface area (TPSA) is 128 Å². The van der Waals surface area contributed by atoms with E-state index in [2.05, 4.69) is 40.3 Å². The second kappa shape index (κ2) is 8.61. The van der Waals surface area contributed by atoms with Gasteiger partial charge in [0.05, 0.1) is 52.6 Å². The number of H-pyrrole nitrogens is 2. The zero-order valence-electron chi connectivity index (χ0n) is 20.0. The van der Waals surface area contributed by atoms with Crippen molar-refractivity contribution in [2.24, 2.45) is 5.92 Å². The summed E-state index contributed by atoms with van der Waals surface area (Å²) in [5.74, 6) is -0.0725. The molecule has 1 aliphatic carbocycles. The van der Waals surface area contributed by atoms with Gasteiger partial charge in [0.1, 0.15) is 16.9 Å². The standard InChI is InChI=1S/C26H24FN9O/c27-21-20-17(12-30-22(21)15-8-16(10-28-9-15)31-26(37)14-4-5-14)34-35-24(20)25-32-18-11-29-13-19(23(18)33-25)36-6-2-1-3-7-36/h8-14H,1-7H2,(H,31,37)(H,32,33)(H,34,35). The van der Waals surface area contributed by atoms with Crippen LogP contribution in [0.2, 0.25) is 0 Å². The molecule has 1 saturated carbocycles. The number of nitrogens with one attached hydrogen (secondary N) is 3. The Kier molecular flexibility index (Phi) is 5.08. The maximum Gasteiger partial charge on any atom is 0.227 e. The molecule has 0 atom stereocenters. The summed E-state index contributed by atoms with van der Waals surface area (Å²) in [6, 6.07) is 1.68. The fourth-order valence-corrected chi connectivity index (χ4v) is 4.97. The van der Waals surface area contributed by atoms with Crippen molar-refractivity contribution in [3.8, 4) is 22.8 Å². The number of aromatic amines is 2. The van der Waals surface area contributed by atoms with Crippen LogP contribution >= 0.6 is 0 Å². The number of piperidine rings is 1. The van der Waals surface area contributed by atoms with Gasteiger partial charge in [-0.3, -0.25) is 24.8 Å². The van der Waals surface area contributed by atoms with Crippen LogP contribution in [0, 0.1) is 11.7 Å². The van der Waals surface area contributed by atoms with Crippen molar-refractivity contribution < 1.29 is 9.18 Å². The summed E-state index contributed by atoms with van der Waals surface area (Å²) >= 11 is 0. The van der Waals surface area contributed by atoms with Crippen LogP contribution in [0.3, 0.4) is 0 Å². The average Bonchev–Trinajstić information content (AvgIpc) is 3.54. The molecule has 7 rings (SSSR count). The first kappa shape index (κ1) is 21.8. The molecule has 3 N–H and O–H groups in total. The molecule has 0 radical (unpaired) electrons. The van der Waals surface area contributed by atoms with Gasteiger partial charge in [-0.2, -0.15) is 5.10 Å². The minimum Gasteiger partial charge on any atom is -0.368 e. The lowest BCUT2D eigenvalue weighted by molar-refractivity contribution is -0.117. The van der Waals surface area contributed by atoms with Crippen molar-refractivity contribution in [1.82, 2.24) is 35.1 Å². The summed E-state index contributed by atoms with van der Waals surface area (Å²) in [7, 11) is 0. The lowest BCUT2D eigenvalue weighted by Gasteiger charge is -2.28. The molecular weight excluding hydrogens is 473 g/mol. The quantitative estimate of drug-likeness (QED) is 0.328. The number of fused-ring (bicyclic) bond motifs is 2. The molecule has 1 aliphatic heterocycles. The maximum absolute atomic E-state index is 16.0. The Morgan fingerprint density at radius 2 is 1.84 bits per heavy atom. The summed E-state index contributed by atoms with van der Waals surface area (Å²) in [6.45, 7) is 1.93. The Labute approximate surface area is 210 Å². The molecule has 0 spiro atoms. The fraction of sp³-hybridized carbons (Fsp3) is 0.308. The second-order valence-electron chi connectivity index (χ2n) is 9.70. The van der Waals surface area contributed by atoms with Gasteiger partial charge in [-0.1, -0.05) is 0 Å². The van der Waals surface area contributed by atoms with Crippen LogP contribution < -0.4 is 10.2 Å². The minimum atomic E-state index is -0.538. The van der Waals surface area contributed by atoms with Crippen molar-refractivity contribution in [1.29, 1.82) is 0 Å². The van der Waals surface area contributed by atoms with Crippen LogP contribution in [0.15, 0.2) is 37.1 Å². The van der Waals surface area contributed by atoms with Crippen molar-refractivity contribution in [3.05, 3.63) is 42.9 Å². The van der Waals surface area contributed by atoms with Gasteiger partial charge in [-0.15, -0.1) is 0 Å². The van der Waals surface area contributed by atoms with E-state index in [9.17, 15) is 4.79 Å². The maximum atomic E-state index is 16.0. The number of rotatable bonds is 5. The van der Waals surface area contributed by atoms with Crippen LogP contribution in [0.4, 0.5) is 15.8 Å². The fourth-order valence-electron chi connectivity index (χ4n) is 4.97. The Balaban J connectivity index is 1.29. The van der Waals surface area contributed by atoms with Gasteiger partial charge in [0, 0.05) is 30.8 Å². The second-order valence-corrected chi connectivity index (χ2v) is 9.70. The van der Waals surface area contributed by atoms with Crippen LogP contribution in [-0.2, 0) is 4.79 Å². The van der Waals surface area contributed by atoms with E-state index in [-0.39, 0.29) is 22.9 Å². The Morgan fingerprint density at radius 3 is 2.68 bits per heavy atom. The summed E-state index contributed by atoms with van der Waals surface area (Å²) in [5, 5.41) is 10.4. The monoisotopic (exact) mass is 497 g/mol. The number of hydrogen-bond donors (Lipinski definition) is 3. The molecule has 10 nitrogen and oxygen atoms in total. The number of anilines is 2. The predicted octanol–water partition coefficient (Wildman–Crippen LogP) is 4.44. The largest absolute Gasteiger partial charge is 0.368 e. The summed E-state index contributed by atoms with van der Waals surface area (Å²) in [6.07, 6.45) is 13.5. The van der Waals surface area contributed by atoms with Crippen LogP contribution in [0.1, 0.15) is 32.1 Å². The molecule has 37 heavy (non-hydrogen) atoms. The molecule has 2 fully saturated rings. The first-order valence-corrected chi connectivity index (χ1v) is 12.5. The predicted molar refractivity (Wildman–Crippen MR) is 137 cm³/mol. The molecule has 0 unspecified atom stereocenters. The van der Waals surface area contributed by atoms with Crippen LogP contribution in [0.5, 0.6) is 0 Å². The molecule has 0 bridgehead atoms. The van der Waals surface area contributed by atoms with Crippen molar-refractivity contribution >= 4 is 39.2 Å². The van der Waals surface area contributed by atoms with Gasteiger partial charge in [0.15, 0.2) is 11.6 Å². The van der Waals surface area contributed by atoms with E-state index >= 15 is 4.39 Å². The number of halogens is 1. The Hall–Kier alpha value is -4.41. The number of carbonyl (C=O) groups excluding carboxylic acids is 1. The summed E-state index contributed by atoms with van der Waals surface area (Å²) < 4.78 is 16.0. The molecule has 1 amide bonds. The number of aromatic nitrogens is 7. The van der Waals surface area contributed by atoms with Crippen LogP contribution in [0.25, 0.3) is 44.7 Å². The van der Waals surface area contributed by atoms with Crippen molar-refractivity contribution in [2.75, 3.05) is 23.3 Å². The van der Waals surface area contributed by atoms with Gasteiger partial charge in [0.2, 0.25) is 5.91 Å². The van der Waals surface area contributed by atoms with E-state index in [1.54, 1.807) is 24.7 Å². The molecule has 0 aromatic carbocycles. The van der Waals surface area contributed by atoms with Crippen LogP contribution in [-0.4, -0.2) is 54.1 Å². The third-order valence-corrected chi connectivity index (χ3v) is 7.07. The highest BCUT2D eigenvalue weighted by atomic mass is 19.1. The highest BCUT2D eigenvalue weighted by molar-refractivity contribution is 5.97. The molecule has 11 heteroatoms. The van der Waals surface area contributed by atoms with Gasteiger partial charge in [-0.25, -0.2) is 9.37 Å². The summed E-state index contributed by atoms with van der Waals surface area (Å²) in [4.78, 5) is 35.5. The molecule has 6 heterocycles. The zero-order chi connectivity index (χ0) is 24.9. The summed E-state index contributed by atoms with van der Waals surface area (Å²) in [5.41, 5.74) is 4.45. The molecule has 5 aromatic heterocycles. The molecular formula is C26H24FN9O. The first-order valence-electron chi connectivity index (χ1n) is 12.5. The molecule has 5 aromatic rings. The third kappa shape index (κ3) is 3.87. The molecule has 1 saturated heterocycles. The van der Waals surface area contributed by atoms with Gasteiger partial charge >= 0.3 is 0 Å². The zero-order valence-corrected chi connectivity index (χ0v) is 20.0. The molecule has 2 aliphatic rings. The van der Waals surface area contributed by atoms with E-state index in [0.717, 1.165) is 55.5 Å².